The third kappa shape index (κ3) is 3.57. The average molecular weight is 380 g/mol. The van der Waals surface area contributed by atoms with Gasteiger partial charge >= 0.3 is 0 Å². The Morgan fingerprint density at radius 1 is 1.08 bits per heavy atom. The highest BCUT2D eigenvalue weighted by Gasteiger charge is 2.53. The highest BCUT2D eigenvalue weighted by atomic mass is 32.1. The van der Waals surface area contributed by atoms with Crippen molar-refractivity contribution in [2.45, 2.75) is 50.0 Å². The van der Waals surface area contributed by atoms with Crippen LogP contribution in [0.1, 0.15) is 27.8 Å². The van der Waals surface area contributed by atoms with Gasteiger partial charge in [-0.25, -0.2) is 0 Å². The zero-order chi connectivity index (χ0) is 18.9. The molecule has 3 rings (SSSR count). The van der Waals surface area contributed by atoms with E-state index in [1.54, 1.807) is 29.5 Å². The molecule has 2 aromatic rings. The van der Waals surface area contributed by atoms with E-state index in [0.29, 0.717) is 6.42 Å². The van der Waals surface area contributed by atoms with E-state index in [9.17, 15) is 25.5 Å². The normalized spacial score (nSPS) is 31.9. The van der Waals surface area contributed by atoms with Gasteiger partial charge in [0.2, 0.25) is 5.79 Å². The smallest absolute Gasteiger partial charge is 0.222 e. The van der Waals surface area contributed by atoms with Crippen LogP contribution in [0.5, 0.6) is 0 Å². The number of hydrogen-bond donors (Lipinski definition) is 5. The van der Waals surface area contributed by atoms with Gasteiger partial charge in [0.25, 0.3) is 0 Å². The molecule has 0 bridgehead atoms. The van der Waals surface area contributed by atoms with E-state index in [0.717, 1.165) is 12.0 Å². The Bertz CT molecular complexity index is 745. The van der Waals surface area contributed by atoms with E-state index in [1.807, 2.05) is 6.07 Å². The molecule has 0 aliphatic carbocycles. The summed E-state index contributed by atoms with van der Waals surface area (Å²) in [7, 11) is 0. The molecule has 6 nitrogen and oxygen atoms in total. The largest absolute Gasteiger partial charge is 0.394 e. The summed E-state index contributed by atoms with van der Waals surface area (Å²) >= 11 is 1.72. The molecule has 1 aromatic carbocycles. The Balaban J connectivity index is 1.88. The Hall–Kier alpha value is -1.32. The van der Waals surface area contributed by atoms with Crippen molar-refractivity contribution in [3.63, 3.8) is 0 Å². The molecular weight excluding hydrogens is 356 g/mol. The van der Waals surface area contributed by atoms with E-state index < -0.39 is 36.8 Å². The zero-order valence-electron chi connectivity index (χ0n) is 14.4. The van der Waals surface area contributed by atoms with Gasteiger partial charge in [0, 0.05) is 21.7 Å². The van der Waals surface area contributed by atoms with Gasteiger partial charge in [-0.3, -0.25) is 0 Å². The summed E-state index contributed by atoms with van der Waals surface area (Å²) in [6.45, 7) is 1.51. The summed E-state index contributed by atoms with van der Waals surface area (Å²) < 4.78 is 5.38. The number of benzene rings is 1. The van der Waals surface area contributed by atoms with Crippen molar-refractivity contribution in [1.29, 1.82) is 0 Å². The van der Waals surface area contributed by atoms with Gasteiger partial charge in [0.05, 0.1) is 6.61 Å². The fourth-order valence-corrected chi connectivity index (χ4v) is 4.20. The monoisotopic (exact) mass is 380 g/mol. The minimum atomic E-state index is -2.22. The molecule has 1 fully saturated rings. The van der Waals surface area contributed by atoms with Gasteiger partial charge in [-0.15, -0.1) is 11.3 Å². The van der Waals surface area contributed by atoms with Gasteiger partial charge < -0.3 is 30.3 Å². The molecule has 5 N–H and O–H groups in total. The first-order chi connectivity index (χ1) is 12.4. The number of hydrogen-bond acceptors (Lipinski definition) is 7. The minimum Gasteiger partial charge on any atom is -0.394 e. The molecule has 142 valence electrons. The van der Waals surface area contributed by atoms with E-state index in [1.165, 1.54) is 9.75 Å². The maximum Gasteiger partial charge on any atom is 0.222 e. The second-order valence-electron chi connectivity index (χ2n) is 6.56. The number of aliphatic hydroxyl groups excluding tert-OH is 4. The molecule has 1 aliphatic rings. The number of rotatable bonds is 5. The van der Waals surface area contributed by atoms with E-state index in [-0.39, 0.29) is 5.56 Å². The van der Waals surface area contributed by atoms with E-state index in [4.69, 9.17) is 4.74 Å². The predicted molar refractivity (Wildman–Crippen MR) is 96.8 cm³/mol. The summed E-state index contributed by atoms with van der Waals surface area (Å²) in [5.41, 5.74) is 1.18. The molecule has 2 heterocycles. The molecular formula is C19H24O6S. The first kappa shape index (κ1) is 19.4. The molecule has 1 aliphatic heterocycles. The lowest BCUT2D eigenvalue weighted by atomic mass is 9.87. The van der Waals surface area contributed by atoms with E-state index in [2.05, 4.69) is 19.1 Å². The summed E-state index contributed by atoms with van der Waals surface area (Å²) in [6.07, 6.45) is -4.43. The zero-order valence-corrected chi connectivity index (χ0v) is 15.3. The van der Waals surface area contributed by atoms with Crippen molar-refractivity contribution in [1.82, 2.24) is 0 Å². The van der Waals surface area contributed by atoms with Crippen molar-refractivity contribution >= 4 is 11.3 Å². The van der Waals surface area contributed by atoms with Crippen LogP contribution in [0.2, 0.25) is 0 Å². The Kier molecular flexibility index (Phi) is 5.78. The molecule has 7 heteroatoms. The van der Waals surface area contributed by atoms with Crippen LogP contribution in [0.3, 0.4) is 0 Å². The van der Waals surface area contributed by atoms with Gasteiger partial charge in [-0.2, -0.15) is 0 Å². The third-order valence-electron chi connectivity index (χ3n) is 4.75. The molecule has 0 radical (unpaired) electrons. The Morgan fingerprint density at radius 2 is 1.81 bits per heavy atom. The van der Waals surface area contributed by atoms with Crippen LogP contribution in [0.15, 0.2) is 36.4 Å². The summed E-state index contributed by atoms with van der Waals surface area (Å²) in [5, 5.41) is 50.4. The maximum absolute atomic E-state index is 10.9. The quantitative estimate of drug-likeness (QED) is 0.517. The lowest BCUT2D eigenvalue weighted by molar-refractivity contribution is -0.357. The van der Waals surface area contributed by atoms with Crippen LogP contribution in [-0.2, 0) is 23.4 Å². The number of thiophene rings is 1. The van der Waals surface area contributed by atoms with Crippen molar-refractivity contribution < 1.29 is 30.3 Å². The lowest BCUT2D eigenvalue weighted by Gasteiger charge is -2.45. The van der Waals surface area contributed by atoms with Gasteiger partial charge in [0.15, 0.2) is 0 Å². The molecule has 5 atom stereocenters. The van der Waals surface area contributed by atoms with Gasteiger partial charge in [-0.1, -0.05) is 25.1 Å². The molecule has 3 unspecified atom stereocenters. The van der Waals surface area contributed by atoms with Crippen molar-refractivity contribution in [3.8, 4) is 0 Å². The number of aliphatic hydroxyl groups is 5. The van der Waals surface area contributed by atoms with E-state index >= 15 is 0 Å². The Morgan fingerprint density at radius 3 is 2.46 bits per heavy atom. The maximum atomic E-state index is 10.9. The standard InChI is InChI=1S/C19H24O6S/c1-2-13-6-7-14(26-13)9-11-4-3-5-12(8-11)19(24)18(23)17(22)16(21)15(10-20)25-19/h3-8,15-18,20-24H,2,9-10H2,1H3/t15?,16-,17?,18-,19?/m1/s1. The van der Waals surface area contributed by atoms with Crippen LogP contribution in [0, 0.1) is 0 Å². The second-order valence-corrected chi connectivity index (χ2v) is 7.81. The van der Waals surface area contributed by atoms with Crippen LogP contribution >= 0.6 is 11.3 Å². The van der Waals surface area contributed by atoms with Crippen LogP contribution in [0.4, 0.5) is 0 Å². The Labute approximate surface area is 155 Å². The first-order valence-electron chi connectivity index (χ1n) is 8.61. The van der Waals surface area contributed by atoms with Crippen molar-refractivity contribution in [2.75, 3.05) is 6.61 Å². The molecule has 0 amide bonds. The first-order valence-corrected chi connectivity index (χ1v) is 9.43. The van der Waals surface area contributed by atoms with Crippen molar-refractivity contribution in [3.05, 3.63) is 57.3 Å². The molecule has 0 spiro atoms. The minimum absolute atomic E-state index is 0.263. The van der Waals surface area contributed by atoms with Gasteiger partial charge in [-0.05, 0) is 30.2 Å². The number of ether oxygens (including phenoxy) is 1. The molecule has 1 aromatic heterocycles. The van der Waals surface area contributed by atoms with Crippen LogP contribution in [-0.4, -0.2) is 56.6 Å². The molecule has 1 saturated heterocycles. The van der Waals surface area contributed by atoms with Gasteiger partial charge in [0.1, 0.15) is 24.4 Å². The predicted octanol–water partition coefficient (Wildman–Crippen LogP) is 0.520. The SMILES string of the molecule is CCc1ccc(Cc2cccc(C3(O)OC(CO)[C@@H](O)C(O)[C@H]3O)c2)s1. The third-order valence-corrected chi connectivity index (χ3v) is 5.98. The van der Waals surface area contributed by atoms with Crippen molar-refractivity contribution in [2.24, 2.45) is 0 Å². The summed E-state index contributed by atoms with van der Waals surface area (Å²) in [6, 6.07) is 11.1. The summed E-state index contributed by atoms with van der Waals surface area (Å²) in [4.78, 5) is 2.48. The summed E-state index contributed by atoms with van der Waals surface area (Å²) in [5.74, 6) is -2.22. The molecule has 26 heavy (non-hydrogen) atoms. The fourth-order valence-electron chi connectivity index (χ4n) is 3.21. The lowest BCUT2D eigenvalue weighted by Crippen LogP contribution is -2.63. The second kappa shape index (κ2) is 7.74. The topological polar surface area (TPSA) is 110 Å². The highest BCUT2D eigenvalue weighted by Crippen LogP contribution is 2.36. The fraction of sp³-hybridized carbons (Fsp3) is 0.474. The number of aryl methyl sites for hydroxylation is 1. The van der Waals surface area contributed by atoms with Crippen LogP contribution in [0.25, 0.3) is 0 Å². The van der Waals surface area contributed by atoms with Crippen LogP contribution < -0.4 is 0 Å². The highest BCUT2D eigenvalue weighted by molar-refractivity contribution is 7.12. The molecule has 0 saturated carbocycles. The average Bonchev–Trinajstić information content (AvgIpc) is 3.11.